The van der Waals surface area contributed by atoms with Crippen LogP contribution in [0.25, 0.3) is 0 Å². The molecule has 2 aromatic rings. The zero-order chi connectivity index (χ0) is 17.0. The van der Waals surface area contributed by atoms with Gasteiger partial charge in [0.1, 0.15) is 17.3 Å². The molecule has 0 aliphatic heterocycles. The Kier molecular flexibility index (Phi) is 10.5. The van der Waals surface area contributed by atoms with E-state index in [9.17, 15) is 4.79 Å². The summed E-state index contributed by atoms with van der Waals surface area (Å²) in [5, 5.41) is 0. The second-order valence-electron chi connectivity index (χ2n) is 4.32. The van der Waals surface area contributed by atoms with Crippen LogP contribution in [0.3, 0.4) is 0 Å². The van der Waals surface area contributed by atoms with Crippen molar-refractivity contribution in [3.63, 3.8) is 0 Å². The van der Waals surface area contributed by atoms with Gasteiger partial charge in [-0.25, -0.2) is 0 Å². The highest BCUT2D eigenvalue weighted by Crippen LogP contribution is 2.25. The molecule has 2 rings (SSSR count). The zero-order valence-electron chi connectivity index (χ0n) is 14.6. The van der Waals surface area contributed by atoms with Crippen LogP contribution in [0.15, 0.2) is 54.6 Å². The summed E-state index contributed by atoms with van der Waals surface area (Å²) in [6, 6.07) is 17.3. The summed E-state index contributed by atoms with van der Waals surface area (Å²) < 4.78 is 5.74. The van der Waals surface area contributed by atoms with Gasteiger partial charge in [0.15, 0.2) is 0 Å². The Balaban J connectivity index is 0.00000102. The summed E-state index contributed by atoms with van der Waals surface area (Å²) in [5.41, 5.74) is 0.982. The summed E-state index contributed by atoms with van der Waals surface area (Å²) >= 11 is 0. The third-order valence-corrected chi connectivity index (χ3v) is 2.95. The quantitative estimate of drug-likeness (QED) is 0.669. The molecule has 0 fully saturated rings. The number of carbonyl (C=O) groups is 1. The summed E-state index contributed by atoms with van der Waals surface area (Å²) in [7, 11) is 0. The molecule has 22 heavy (non-hydrogen) atoms. The predicted molar refractivity (Wildman–Crippen MR) is 94.8 cm³/mol. The molecule has 120 valence electrons. The molecule has 0 heterocycles. The van der Waals surface area contributed by atoms with Crippen molar-refractivity contribution in [2.45, 2.75) is 47.5 Å². The van der Waals surface area contributed by atoms with Crippen LogP contribution in [-0.2, 0) is 4.79 Å². The van der Waals surface area contributed by atoms with Gasteiger partial charge in [0.25, 0.3) is 0 Å². The lowest BCUT2D eigenvalue weighted by Gasteiger charge is -2.10. The summed E-state index contributed by atoms with van der Waals surface area (Å²) in [4.78, 5) is 11.4. The van der Waals surface area contributed by atoms with Crippen LogP contribution in [0, 0.1) is 0 Å². The van der Waals surface area contributed by atoms with Crippen LogP contribution in [0.1, 0.15) is 53.0 Å². The third kappa shape index (κ3) is 6.57. The Morgan fingerprint density at radius 1 is 0.864 bits per heavy atom. The first-order valence-electron chi connectivity index (χ1n) is 8.00. The van der Waals surface area contributed by atoms with Crippen LogP contribution >= 0.6 is 0 Å². The number of carbonyl (C=O) groups excluding carboxylic acids is 1. The van der Waals surface area contributed by atoms with Crippen LogP contribution in [0.5, 0.6) is 11.5 Å². The highest BCUT2D eigenvalue weighted by molar-refractivity contribution is 5.83. The number of ketones is 1. The number of rotatable bonds is 4. The lowest BCUT2D eigenvalue weighted by molar-refractivity contribution is -0.118. The average Bonchev–Trinajstić information content (AvgIpc) is 2.59. The largest absolute Gasteiger partial charge is 0.457 e. The van der Waals surface area contributed by atoms with E-state index >= 15 is 0 Å². The first-order valence-corrected chi connectivity index (χ1v) is 8.00. The van der Waals surface area contributed by atoms with E-state index in [4.69, 9.17) is 4.74 Å². The highest BCUT2D eigenvalue weighted by atomic mass is 16.5. The minimum atomic E-state index is -0.0932. The van der Waals surface area contributed by atoms with Crippen LogP contribution < -0.4 is 4.74 Å². The molecule has 0 saturated heterocycles. The third-order valence-electron chi connectivity index (χ3n) is 2.95. The lowest BCUT2D eigenvalue weighted by atomic mass is 9.97. The smallest absolute Gasteiger partial charge is 0.136 e. The predicted octanol–water partition coefficient (Wildman–Crippen LogP) is 6.22. The number of ether oxygens (including phenoxy) is 1. The number of hydrogen-bond donors (Lipinski definition) is 0. The van der Waals surface area contributed by atoms with E-state index in [1.165, 1.54) is 0 Å². The Hall–Kier alpha value is -2.09. The van der Waals surface area contributed by atoms with Gasteiger partial charge in [-0.05, 0) is 36.8 Å². The fourth-order valence-corrected chi connectivity index (χ4v) is 1.71. The molecule has 0 aromatic heterocycles. The molecule has 0 aliphatic carbocycles. The van der Waals surface area contributed by atoms with E-state index < -0.39 is 0 Å². The van der Waals surface area contributed by atoms with Crippen molar-refractivity contribution in [2.75, 3.05) is 0 Å². The van der Waals surface area contributed by atoms with Crippen molar-refractivity contribution in [1.29, 1.82) is 0 Å². The van der Waals surface area contributed by atoms with E-state index in [1.807, 2.05) is 89.2 Å². The van der Waals surface area contributed by atoms with E-state index in [0.717, 1.165) is 17.1 Å². The molecule has 0 amide bonds. The zero-order valence-corrected chi connectivity index (χ0v) is 14.6. The lowest BCUT2D eigenvalue weighted by Crippen LogP contribution is -2.03. The second-order valence-corrected chi connectivity index (χ2v) is 4.32. The average molecular weight is 300 g/mol. The maximum atomic E-state index is 11.4. The maximum Gasteiger partial charge on any atom is 0.136 e. The molecule has 1 atom stereocenters. The minimum absolute atomic E-state index is 0.0932. The van der Waals surface area contributed by atoms with Crippen LogP contribution in [0.2, 0.25) is 0 Å². The molecule has 2 heteroatoms. The summed E-state index contributed by atoms with van der Waals surface area (Å²) in [6.07, 6.45) is 0. The Bertz CT molecular complexity index is 532. The number of hydrogen-bond acceptors (Lipinski definition) is 2. The van der Waals surface area contributed by atoms with Crippen molar-refractivity contribution in [2.24, 2.45) is 0 Å². The standard InChI is InChI=1S/C16H16O2.2C2H6/c1-12(13(2)17)14-7-6-10-16(11-14)18-15-8-4-3-5-9-15;2*1-2/h3-12H,1-2H3;2*1-2H3. The van der Waals surface area contributed by atoms with Crippen LogP contribution in [0.4, 0.5) is 0 Å². The Morgan fingerprint density at radius 3 is 1.95 bits per heavy atom. The maximum absolute atomic E-state index is 11.4. The molecular weight excluding hydrogens is 272 g/mol. The van der Waals surface area contributed by atoms with Gasteiger partial charge in [0.2, 0.25) is 0 Å². The molecule has 1 unspecified atom stereocenters. The van der Waals surface area contributed by atoms with Crippen molar-refractivity contribution in [1.82, 2.24) is 0 Å². The van der Waals surface area contributed by atoms with Gasteiger partial charge in [0, 0.05) is 5.92 Å². The normalized spacial score (nSPS) is 10.3. The first kappa shape index (κ1) is 19.9. The highest BCUT2D eigenvalue weighted by Gasteiger charge is 2.11. The first-order chi connectivity index (χ1) is 10.7. The van der Waals surface area contributed by atoms with Crippen molar-refractivity contribution < 1.29 is 9.53 Å². The minimum Gasteiger partial charge on any atom is -0.457 e. The second kappa shape index (κ2) is 11.6. The van der Waals surface area contributed by atoms with Gasteiger partial charge in [-0.2, -0.15) is 0 Å². The van der Waals surface area contributed by atoms with E-state index in [1.54, 1.807) is 6.92 Å². The molecule has 0 aliphatic rings. The van der Waals surface area contributed by atoms with Gasteiger partial charge < -0.3 is 4.74 Å². The number of benzene rings is 2. The molecule has 2 aromatic carbocycles. The Morgan fingerprint density at radius 2 is 1.41 bits per heavy atom. The summed E-state index contributed by atoms with van der Waals surface area (Å²) in [5.74, 6) is 1.62. The fraction of sp³-hybridized carbons (Fsp3) is 0.350. The van der Waals surface area contributed by atoms with Crippen molar-refractivity contribution in [3.05, 3.63) is 60.2 Å². The van der Waals surface area contributed by atoms with Crippen molar-refractivity contribution in [3.8, 4) is 11.5 Å². The van der Waals surface area contributed by atoms with Gasteiger partial charge in [-0.3, -0.25) is 4.79 Å². The molecule has 0 saturated carbocycles. The fourth-order valence-electron chi connectivity index (χ4n) is 1.71. The molecule has 0 bridgehead atoms. The van der Waals surface area contributed by atoms with Gasteiger partial charge >= 0.3 is 0 Å². The van der Waals surface area contributed by atoms with Gasteiger partial charge in [-0.1, -0.05) is 65.0 Å². The van der Waals surface area contributed by atoms with Crippen molar-refractivity contribution >= 4 is 5.78 Å². The summed E-state index contributed by atoms with van der Waals surface area (Å²) in [6.45, 7) is 11.5. The van der Waals surface area contributed by atoms with E-state index in [2.05, 4.69) is 0 Å². The van der Waals surface area contributed by atoms with E-state index in [-0.39, 0.29) is 11.7 Å². The molecule has 0 radical (unpaired) electrons. The topological polar surface area (TPSA) is 26.3 Å². The number of para-hydroxylation sites is 1. The molecule has 2 nitrogen and oxygen atoms in total. The number of Topliss-reactive ketones (excluding diaryl/α,β-unsaturated/α-hetero) is 1. The SMILES string of the molecule is CC.CC.CC(=O)C(C)c1cccc(Oc2ccccc2)c1. The van der Waals surface area contributed by atoms with Crippen LogP contribution in [-0.4, -0.2) is 5.78 Å². The van der Waals surface area contributed by atoms with E-state index in [0.29, 0.717) is 0 Å². The molecule has 0 spiro atoms. The monoisotopic (exact) mass is 300 g/mol. The molecule has 0 N–H and O–H groups in total. The Labute approximate surface area is 135 Å². The van der Waals surface area contributed by atoms with Gasteiger partial charge in [0.05, 0.1) is 0 Å². The van der Waals surface area contributed by atoms with Gasteiger partial charge in [-0.15, -0.1) is 0 Å². The molecular formula is C20H28O2.